The van der Waals surface area contributed by atoms with Crippen molar-refractivity contribution in [2.24, 2.45) is 0 Å². The Kier molecular flexibility index (Phi) is 3.24. The summed E-state index contributed by atoms with van der Waals surface area (Å²) in [4.78, 5) is 7.12. The molecule has 5 nitrogen and oxygen atoms in total. The van der Waals surface area contributed by atoms with E-state index in [2.05, 4.69) is 14.7 Å². The van der Waals surface area contributed by atoms with Crippen LogP contribution >= 0.6 is 0 Å². The van der Waals surface area contributed by atoms with Crippen LogP contribution in [0.3, 0.4) is 0 Å². The molecule has 0 fully saturated rings. The lowest BCUT2D eigenvalue weighted by atomic mass is 10.3. The second-order valence-electron chi connectivity index (χ2n) is 3.66. The molecule has 0 aliphatic carbocycles. The first kappa shape index (κ1) is 12.4. The molecular weight excluding hydrogens is 257 g/mol. The zero-order chi connectivity index (χ0) is 13.2. The molecule has 2 rings (SSSR count). The molecule has 0 bridgehead atoms. The largest absolute Gasteiger partial charge is 0.264 e. The first-order valence-corrected chi connectivity index (χ1v) is 6.52. The highest BCUT2D eigenvalue weighted by Crippen LogP contribution is 2.14. The van der Waals surface area contributed by atoms with Crippen molar-refractivity contribution < 1.29 is 12.8 Å². The van der Waals surface area contributed by atoms with Crippen molar-refractivity contribution in [3.63, 3.8) is 0 Å². The number of nitrogens with one attached hydrogen (secondary N) is 1. The Hall–Kier alpha value is -2.02. The molecule has 0 saturated heterocycles. The van der Waals surface area contributed by atoms with Gasteiger partial charge in [0.2, 0.25) is 0 Å². The highest BCUT2D eigenvalue weighted by atomic mass is 32.2. The van der Waals surface area contributed by atoms with Crippen molar-refractivity contribution in [1.82, 2.24) is 9.97 Å². The van der Waals surface area contributed by atoms with Crippen LogP contribution in [0.15, 0.2) is 41.7 Å². The lowest BCUT2D eigenvalue weighted by Gasteiger charge is -2.07. The van der Waals surface area contributed by atoms with E-state index in [1.165, 1.54) is 6.20 Å². The number of anilines is 1. The maximum absolute atomic E-state index is 12.9. The van der Waals surface area contributed by atoms with Gasteiger partial charge in [0.15, 0.2) is 0 Å². The standard InChI is InChI=1S/C11H10FN3O2S/c1-8-2-3-14-11(4-8)15-18(16,17)10-5-9(12)6-13-7-10/h2-7H,1H3,(H,14,15). The van der Waals surface area contributed by atoms with Crippen LogP contribution in [-0.2, 0) is 10.0 Å². The number of rotatable bonds is 3. The van der Waals surface area contributed by atoms with Gasteiger partial charge < -0.3 is 0 Å². The Morgan fingerprint density at radius 3 is 2.72 bits per heavy atom. The third-order valence-corrected chi connectivity index (χ3v) is 3.47. The summed E-state index contributed by atoms with van der Waals surface area (Å²) in [7, 11) is -3.87. The number of aromatic nitrogens is 2. The van der Waals surface area contributed by atoms with Crippen LogP contribution in [0, 0.1) is 12.7 Å². The van der Waals surface area contributed by atoms with Crippen molar-refractivity contribution in [1.29, 1.82) is 0 Å². The summed E-state index contributed by atoms with van der Waals surface area (Å²) in [5.74, 6) is -0.533. The minimum absolute atomic E-state index is 0.180. The fourth-order valence-electron chi connectivity index (χ4n) is 1.33. The second kappa shape index (κ2) is 4.69. The average molecular weight is 267 g/mol. The smallest absolute Gasteiger partial charge is 0.263 e. The van der Waals surface area contributed by atoms with Gasteiger partial charge in [-0.1, -0.05) is 0 Å². The first-order chi connectivity index (χ1) is 8.47. The van der Waals surface area contributed by atoms with Gasteiger partial charge in [-0.3, -0.25) is 9.71 Å². The number of hydrogen-bond acceptors (Lipinski definition) is 4. The summed E-state index contributed by atoms with van der Waals surface area (Å²) >= 11 is 0. The molecule has 0 aliphatic rings. The van der Waals surface area contributed by atoms with Crippen LogP contribution in [-0.4, -0.2) is 18.4 Å². The van der Waals surface area contributed by atoms with E-state index in [1.54, 1.807) is 12.1 Å². The third kappa shape index (κ3) is 2.80. The topological polar surface area (TPSA) is 72.0 Å². The Labute approximate surface area is 104 Å². The van der Waals surface area contributed by atoms with Crippen molar-refractivity contribution in [2.75, 3.05) is 4.72 Å². The predicted octanol–water partition coefficient (Wildman–Crippen LogP) is 1.72. The van der Waals surface area contributed by atoms with Gasteiger partial charge in [-0.05, 0) is 30.7 Å². The zero-order valence-corrected chi connectivity index (χ0v) is 10.3. The van der Waals surface area contributed by atoms with E-state index in [4.69, 9.17) is 0 Å². The molecule has 0 saturated carbocycles. The molecule has 0 aromatic carbocycles. The number of halogens is 1. The normalized spacial score (nSPS) is 11.2. The Bertz CT molecular complexity index is 673. The minimum atomic E-state index is -3.87. The van der Waals surface area contributed by atoms with Crippen molar-refractivity contribution in [2.45, 2.75) is 11.8 Å². The summed E-state index contributed by atoms with van der Waals surface area (Å²) in [6.45, 7) is 1.81. The van der Waals surface area contributed by atoms with Gasteiger partial charge in [-0.15, -0.1) is 0 Å². The van der Waals surface area contributed by atoms with Gasteiger partial charge >= 0.3 is 0 Å². The number of aryl methyl sites for hydroxylation is 1. The molecule has 0 unspecified atom stereocenters. The van der Waals surface area contributed by atoms with Gasteiger partial charge in [0, 0.05) is 12.4 Å². The van der Waals surface area contributed by atoms with E-state index in [1.807, 2.05) is 6.92 Å². The molecule has 18 heavy (non-hydrogen) atoms. The molecule has 2 aromatic rings. The number of pyridine rings is 2. The van der Waals surface area contributed by atoms with Gasteiger partial charge in [0.1, 0.15) is 16.5 Å². The fraction of sp³-hybridized carbons (Fsp3) is 0.0909. The summed E-state index contributed by atoms with van der Waals surface area (Å²) < 4.78 is 39.0. The van der Waals surface area contributed by atoms with Gasteiger partial charge in [-0.2, -0.15) is 0 Å². The van der Waals surface area contributed by atoms with Crippen LogP contribution in [0.5, 0.6) is 0 Å². The van der Waals surface area contributed by atoms with E-state index in [0.29, 0.717) is 0 Å². The lowest BCUT2D eigenvalue weighted by Crippen LogP contribution is -2.14. The maximum atomic E-state index is 12.9. The zero-order valence-electron chi connectivity index (χ0n) is 9.46. The second-order valence-corrected chi connectivity index (χ2v) is 5.35. The lowest BCUT2D eigenvalue weighted by molar-refractivity contribution is 0.592. The Balaban J connectivity index is 2.33. The summed E-state index contributed by atoms with van der Waals surface area (Å²) in [6, 6.07) is 4.21. The van der Waals surface area contributed by atoms with Crippen LogP contribution < -0.4 is 4.72 Å². The number of nitrogens with zero attached hydrogens (tertiary/aromatic N) is 2. The van der Waals surface area contributed by atoms with Gasteiger partial charge in [0.25, 0.3) is 10.0 Å². The molecule has 0 amide bonds. The molecule has 2 heterocycles. The summed E-state index contributed by atoms with van der Waals surface area (Å²) in [5.41, 5.74) is 0.861. The molecule has 0 spiro atoms. The SMILES string of the molecule is Cc1ccnc(NS(=O)(=O)c2cncc(F)c2)c1. The molecule has 0 radical (unpaired) electrons. The van der Waals surface area contributed by atoms with E-state index >= 15 is 0 Å². The van der Waals surface area contributed by atoms with Crippen LogP contribution in [0.4, 0.5) is 10.2 Å². The molecule has 94 valence electrons. The highest BCUT2D eigenvalue weighted by molar-refractivity contribution is 7.92. The van der Waals surface area contributed by atoms with Gasteiger partial charge in [0.05, 0.1) is 6.20 Å². The van der Waals surface area contributed by atoms with E-state index < -0.39 is 15.8 Å². The molecule has 2 aromatic heterocycles. The van der Waals surface area contributed by atoms with Gasteiger partial charge in [-0.25, -0.2) is 17.8 Å². The molecule has 0 aliphatic heterocycles. The van der Waals surface area contributed by atoms with E-state index in [9.17, 15) is 12.8 Å². The molecular formula is C11H10FN3O2S. The number of sulfonamides is 1. The highest BCUT2D eigenvalue weighted by Gasteiger charge is 2.15. The monoisotopic (exact) mass is 267 g/mol. The summed E-state index contributed by atoms with van der Waals surface area (Å²) in [6.07, 6.45) is 3.49. The Morgan fingerprint density at radius 2 is 2.06 bits per heavy atom. The molecule has 0 atom stereocenters. The van der Waals surface area contributed by atoms with E-state index in [0.717, 1.165) is 24.0 Å². The minimum Gasteiger partial charge on any atom is -0.263 e. The molecule has 7 heteroatoms. The van der Waals surface area contributed by atoms with Crippen LogP contribution in [0.2, 0.25) is 0 Å². The van der Waals surface area contributed by atoms with E-state index in [-0.39, 0.29) is 10.7 Å². The predicted molar refractivity (Wildman–Crippen MR) is 64.0 cm³/mol. The van der Waals surface area contributed by atoms with Crippen LogP contribution in [0.25, 0.3) is 0 Å². The third-order valence-electron chi connectivity index (χ3n) is 2.14. The van der Waals surface area contributed by atoms with Crippen molar-refractivity contribution in [3.05, 3.63) is 48.2 Å². The number of hydrogen-bond donors (Lipinski definition) is 1. The van der Waals surface area contributed by atoms with Crippen molar-refractivity contribution in [3.8, 4) is 0 Å². The van der Waals surface area contributed by atoms with Crippen molar-refractivity contribution >= 4 is 15.8 Å². The molecule has 1 N–H and O–H groups in total. The maximum Gasteiger partial charge on any atom is 0.264 e. The summed E-state index contributed by atoms with van der Waals surface area (Å²) in [5, 5.41) is 0. The Morgan fingerprint density at radius 1 is 1.28 bits per heavy atom. The quantitative estimate of drug-likeness (QED) is 0.919. The first-order valence-electron chi connectivity index (χ1n) is 5.03. The fourth-order valence-corrected chi connectivity index (χ4v) is 2.30. The average Bonchev–Trinajstić information content (AvgIpc) is 2.28. The van der Waals surface area contributed by atoms with Crippen LogP contribution in [0.1, 0.15) is 5.56 Å².